The lowest BCUT2D eigenvalue weighted by Gasteiger charge is -2.21. The predicted octanol–water partition coefficient (Wildman–Crippen LogP) is 3.00. The number of rotatable bonds is 5. The van der Waals surface area contributed by atoms with E-state index >= 15 is 0 Å². The maximum atomic E-state index is 13.0. The van der Waals surface area contributed by atoms with Crippen molar-refractivity contribution in [2.24, 2.45) is 0 Å². The molecule has 0 unspecified atom stereocenters. The highest BCUT2D eigenvalue weighted by Crippen LogP contribution is 2.25. The summed E-state index contributed by atoms with van der Waals surface area (Å²) < 4.78 is 8.48. The van der Waals surface area contributed by atoms with Crippen molar-refractivity contribution in [3.8, 4) is 0 Å². The number of fused-ring (bicyclic) bond motifs is 1. The van der Waals surface area contributed by atoms with Gasteiger partial charge in [-0.2, -0.15) is 0 Å². The summed E-state index contributed by atoms with van der Waals surface area (Å²) in [6.45, 7) is 1.77. The third kappa shape index (κ3) is 4.35. The first kappa shape index (κ1) is 19.9. The molecular weight excluding hydrogens is 483 g/mol. The highest BCUT2D eigenvalue weighted by atomic mass is 127. The molecule has 0 bridgehead atoms. The molecule has 0 atom stereocenters. The number of hydrogen-bond donors (Lipinski definition) is 0. The molecule has 1 heterocycles. The van der Waals surface area contributed by atoms with Gasteiger partial charge in [0, 0.05) is 10.7 Å². The number of esters is 1. The van der Waals surface area contributed by atoms with Crippen LogP contribution in [0.4, 0.5) is 0 Å². The number of ether oxygens (including phenoxy) is 1. The number of carbonyl (C=O) groups excluding carboxylic acids is 1. The first-order chi connectivity index (χ1) is 12.9. The van der Waals surface area contributed by atoms with E-state index in [-0.39, 0.29) is 6.61 Å². The Hall–Kier alpha value is -1.87. The van der Waals surface area contributed by atoms with Gasteiger partial charge in [0.15, 0.2) is 0 Å². The fourth-order valence-corrected chi connectivity index (χ4v) is 3.76. The monoisotopic (exact) mass is 500 g/mol. The van der Waals surface area contributed by atoms with Crippen LogP contribution in [0.15, 0.2) is 37.4 Å². The Morgan fingerprint density at radius 1 is 1.19 bits per heavy atom. The van der Waals surface area contributed by atoms with Crippen molar-refractivity contribution in [3.05, 3.63) is 70.5 Å². The molecule has 0 saturated heterocycles. The van der Waals surface area contributed by atoms with Crippen LogP contribution in [0, 0.1) is 0 Å². The van der Waals surface area contributed by atoms with E-state index in [1.807, 2.05) is 12.1 Å². The summed E-state index contributed by atoms with van der Waals surface area (Å²) in [5, 5.41) is 0.609. The van der Waals surface area contributed by atoms with Crippen LogP contribution in [-0.2, 0) is 29.0 Å². The number of benzene rings is 1. The third-order valence-electron chi connectivity index (χ3n) is 4.32. The summed E-state index contributed by atoms with van der Waals surface area (Å²) in [5.74, 6) is -0.607. The molecule has 0 amide bonds. The lowest BCUT2D eigenvalue weighted by atomic mass is 10.0. The molecule has 0 aliphatic heterocycles. The maximum Gasteiger partial charge on any atom is 0.332 e. The van der Waals surface area contributed by atoms with Crippen molar-refractivity contribution in [3.63, 3.8) is 0 Å². The number of aromatic nitrogens is 2. The lowest BCUT2D eigenvalue weighted by Crippen LogP contribution is -2.45. The first-order valence-electron chi connectivity index (χ1n) is 8.53. The molecule has 1 aromatic carbocycles. The van der Waals surface area contributed by atoms with Crippen molar-refractivity contribution < 1.29 is 9.53 Å². The van der Waals surface area contributed by atoms with Crippen LogP contribution in [0.5, 0.6) is 0 Å². The van der Waals surface area contributed by atoms with Gasteiger partial charge >= 0.3 is 11.7 Å². The summed E-state index contributed by atoms with van der Waals surface area (Å²) >= 11 is 8.12. The first-order valence-corrected chi connectivity index (χ1v) is 9.99. The summed E-state index contributed by atoms with van der Waals surface area (Å²) in [4.78, 5) is 37.8. The van der Waals surface area contributed by atoms with Crippen LogP contribution in [0.2, 0.25) is 5.02 Å². The Morgan fingerprint density at radius 3 is 2.56 bits per heavy atom. The Labute approximate surface area is 174 Å². The molecular formula is C19H18ClIN2O4. The molecule has 0 spiro atoms. The van der Waals surface area contributed by atoms with Gasteiger partial charge in [0.2, 0.25) is 0 Å². The average Bonchev–Trinajstić information content (AvgIpc) is 2.64. The summed E-state index contributed by atoms with van der Waals surface area (Å²) in [7, 11) is 0. The molecule has 3 rings (SSSR count). The third-order valence-corrected chi connectivity index (χ3v) is 5.42. The van der Waals surface area contributed by atoms with Crippen LogP contribution >= 0.6 is 34.2 Å². The number of carbonyl (C=O) groups is 1. The van der Waals surface area contributed by atoms with Crippen molar-refractivity contribution in [1.29, 1.82) is 0 Å². The van der Waals surface area contributed by atoms with E-state index in [0.717, 1.165) is 20.1 Å². The van der Waals surface area contributed by atoms with Gasteiger partial charge in [0.1, 0.15) is 6.54 Å². The molecule has 2 aromatic rings. The smallest absolute Gasteiger partial charge is 0.332 e. The van der Waals surface area contributed by atoms with Gasteiger partial charge in [-0.25, -0.2) is 9.36 Å². The minimum absolute atomic E-state index is 0.190. The molecule has 0 radical (unpaired) electrons. The SMILES string of the molecule is CCOC(=O)Cn1c(=O)c2c(n(Cc3ccc(Cl)cc3)c1=O)CCC(I)=C2. The second-order valence-electron chi connectivity index (χ2n) is 6.14. The van der Waals surface area contributed by atoms with Crippen LogP contribution in [0.25, 0.3) is 6.08 Å². The van der Waals surface area contributed by atoms with Crippen LogP contribution < -0.4 is 11.2 Å². The van der Waals surface area contributed by atoms with E-state index in [2.05, 4.69) is 22.6 Å². The van der Waals surface area contributed by atoms with E-state index in [9.17, 15) is 14.4 Å². The molecule has 1 aromatic heterocycles. The van der Waals surface area contributed by atoms with Gasteiger partial charge in [-0.15, -0.1) is 0 Å². The lowest BCUT2D eigenvalue weighted by molar-refractivity contribution is -0.143. The highest BCUT2D eigenvalue weighted by molar-refractivity contribution is 14.1. The van der Waals surface area contributed by atoms with E-state index in [4.69, 9.17) is 16.3 Å². The van der Waals surface area contributed by atoms with Crippen molar-refractivity contribution >= 4 is 46.2 Å². The fraction of sp³-hybridized carbons (Fsp3) is 0.316. The molecule has 142 valence electrons. The van der Waals surface area contributed by atoms with Gasteiger partial charge in [-0.3, -0.25) is 14.2 Å². The zero-order valence-corrected chi connectivity index (χ0v) is 17.6. The van der Waals surface area contributed by atoms with Gasteiger partial charge in [-0.05, 0) is 69.7 Å². The highest BCUT2D eigenvalue weighted by Gasteiger charge is 2.22. The van der Waals surface area contributed by atoms with Gasteiger partial charge in [0.05, 0.1) is 18.7 Å². The fourth-order valence-electron chi connectivity index (χ4n) is 3.05. The maximum absolute atomic E-state index is 13.0. The molecule has 27 heavy (non-hydrogen) atoms. The number of halogens is 2. The molecule has 8 heteroatoms. The molecule has 1 aliphatic carbocycles. The van der Waals surface area contributed by atoms with Crippen molar-refractivity contribution in [1.82, 2.24) is 9.13 Å². The zero-order chi connectivity index (χ0) is 19.6. The molecule has 0 fully saturated rings. The second kappa shape index (κ2) is 8.43. The molecule has 0 saturated carbocycles. The Morgan fingerprint density at radius 2 is 1.89 bits per heavy atom. The average molecular weight is 501 g/mol. The normalized spacial score (nSPS) is 13.1. The quantitative estimate of drug-likeness (QED) is 0.468. The van der Waals surface area contributed by atoms with E-state index in [0.29, 0.717) is 29.2 Å². The molecule has 6 nitrogen and oxygen atoms in total. The summed E-state index contributed by atoms with van der Waals surface area (Å²) in [6, 6.07) is 7.19. The summed E-state index contributed by atoms with van der Waals surface area (Å²) in [5.41, 5.74) is 1.08. The van der Waals surface area contributed by atoms with Crippen molar-refractivity contribution in [2.75, 3.05) is 6.61 Å². The minimum atomic E-state index is -0.607. The number of allylic oxidation sites excluding steroid dienone is 1. The van der Waals surface area contributed by atoms with Gasteiger partial charge in [-0.1, -0.05) is 23.7 Å². The zero-order valence-electron chi connectivity index (χ0n) is 14.7. The molecule has 0 N–H and O–H groups in total. The van der Waals surface area contributed by atoms with Crippen molar-refractivity contribution in [2.45, 2.75) is 32.9 Å². The molecule has 1 aliphatic rings. The van der Waals surface area contributed by atoms with Crippen LogP contribution in [-0.4, -0.2) is 21.7 Å². The van der Waals surface area contributed by atoms with Crippen LogP contribution in [0.1, 0.15) is 30.2 Å². The van der Waals surface area contributed by atoms with Gasteiger partial charge < -0.3 is 4.74 Å². The number of hydrogen-bond acceptors (Lipinski definition) is 4. The van der Waals surface area contributed by atoms with E-state index in [1.54, 1.807) is 29.7 Å². The predicted molar refractivity (Wildman–Crippen MR) is 112 cm³/mol. The topological polar surface area (TPSA) is 70.3 Å². The van der Waals surface area contributed by atoms with E-state index < -0.39 is 23.8 Å². The largest absolute Gasteiger partial charge is 0.465 e. The number of nitrogens with zero attached hydrogens (tertiary/aromatic N) is 2. The Bertz CT molecular complexity index is 1020. The minimum Gasteiger partial charge on any atom is -0.465 e. The Balaban J connectivity index is 2.15. The summed E-state index contributed by atoms with van der Waals surface area (Å²) in [6.07, 6.45) is 3.17. The van der Waals surface area contributed by atoms with Crippen LogP contribution in [0.3, 0.4) is 0 Å². The second-order valence-corrected chi connectivity index (χ2v) is 7.97. The Kier molecular flexibility index (Phi) is 6.21. The standard InChI is InChI=1S/C19H18ClIN2O4/c1-2-27-17(24)11-23-18(25)15-9-14(21)7-8-16(15)22(19(23)26)10-12-3-5-13(20)6-4-12/h3-6,9H,2,7-8,10-11H2,1H3. The van der Waals surface area contributed by atoms with E-state index in [1.165, 1.54) is 0 Å². The van der Waals surface area contributed by atoms with Gasteiger partial charge in [0.25, 0.3) is 5.56 Å².